The number of aromatic nitrogens is 1. The molecule has 0 radical (unpaired) electrons. The number of hydrogen-bond acceptors (Lipinski definition) is 7. The molecule has 0 fully saturated rings. The highest BCUT2D eigenvalue weighted by Crippen LogP contribution is 2.38. The quantitative estimate of drug-likeness (QED) is 0.112. The molecular weight excluding hydrogens is 453 g/mol. The first-order valence-corrected chi connectivity index (χ1v) is 10.8. The van der Waals surface area contributed by atoms with Crippen molar-refractivity contribution in [1.29, 1.82) is 0 Å². The van der Waals surface area contributed by atoms with Crippen LogP contribution in [-0.2, 0) is 17.6 Å². The van der Waals surface area contributed by atoms with Crippen LogP contribution in [-0.4, -0.2) is 33.2 Å². The second-order valence-electron chi connectivity index (χ2n) is 6.74. The van der Waals surface area contributed by atoms with E-state index < -0.39 is 16.5 Å². The average molecular weight is 473 g/mol. The molecule has 3 aromatic carbocycles. The van der Waals surface area contributed by atoms with Gasteiger partial charge in [-0.1, -0.05) is 30.3 Å². The van der Waals surface area contributed by atoms with Crippen LogP contribution in [0.25, 0.3) is 21.8 Å². The lowest BCUT2D eigenvalue weighted by atomic mass is 10.0. The minimum absolute atomic E-state index is 0.263. The van der Waals surface area contributed by atoms with Gasteiger partial charge in [0.1, 0.15) is 7.05 Å². The van der Waals surface area contributed by atoms with Gasteiger partial charge in [-0.15, -0.1) is 3.89 Å². The first-order chi connectivity index (χ1) is 15.7. The van der Waals surface area contributed by atoms with Crippen molar-refractivity contribution in [3.8, 4) is 17.2 Å². The van der Waals surface area contributed by atoms with Gasteiger partial charge >= 0.3 is 5.97 Å². The predicted molar refractivity (Wildman–Crippen MR) is 118 cm³/mol. The van der Waals surface area contributed by atoms with Crippen LogP contribution in [0.15, 0.2) is 66.7 Å². The topological polar surface area (TPSA) is 106 Å². The molecule has 10 heteroatoms. The van der Waals surface area contributed by atoms with Crippen molar-refractivity contribution in [2.45, 2.75) is 0 Å². The Morgan fingerprint density at radius 3 is 1.70 bits per heavy atom. The summed E-state index contributed by atoms with van der Waals surface area (Å²) < 4.78 is 53.9. The zero-order chi connectivity index (χ0) is 24.2. The fourth-order valence-corrected chi connectivity index (χ4v) is 3.51. The lowest BCUT2D eigenvalue weighted by molar-refractivity contribution is -0.617. The molecule has 0 aliphatic heterocycles. The van der Waals surface area contributed by atoms with E-state index in [1.165, 1.54) is 14.2 Å². The maximum absolute atomic E-state index is 13.3. The molecule has 0 saturated carbocycles. The van der Waals surface area contributed by atoms with Gasteiger partial charge in [0, 0.05) is 12.1 Å². The van der Waals surface area contributed by atoms with E-state index in [4.69, 9.17) is 27.2 Å². The van der Waals surface area contributed by atoms with Crippen molar-refractivity contribution in [3.63, 3.8) is 0 Å². The SMILES string of the molecule is COc1cccc(OC)c1OC(=O)c1c2ccccc2[n+](C)c2ccccc12.O=S(=O)([O-])F. The summed E-state index contributed by atoms with van der Waals surface area (Å²) in [6, 6.07) is 20.8. The third-order valence-electron chi connectivity index (χ3n) is 4.85. The van der Waals surface area contributed by atoms with Gasteiger partial charge < -0.3 is 18.8 Å². The number of nitrogens with zero attached hydrogens (tertiary/aromatic N) is 1. The van der Waals surface area contributed by atoms with E-state index in [2.05, 4.69) is 4.57 Å². The monoisotopic (exact) mass is 473 g/mol. The summed E-state index contributed by atoms with van der Waals surface area (Å²) in [5, 5.41) is 1.64. The molecule has 172 valence electrons. The van der Waals surface area contributed by atoms with Gasteiger partial charge in [-0.2, -0.15) is 4.57 Å². The molecule has 0 aliphatic carbocycles. The summed E-state index contributed by atoms with van der Waals surface area (Å²) in [6.07, 6.45) is 0. The third kappa shape index (κ3) is 5.36. The number of benzene rings is 3. The average Bonchev–Trinajstić information content (AvgIpc) is 2.78. The maximum atomic E-state index is 13.3. The smallest absolute Gasteiger partial charge is 0.345 e. The Morgan fingerprint density at radius 1 is 0.848 bits per heavy atom. The number of carbonyl (C=O) groups is 1. The van der Waals surface area contributed by atoms with E-state index in [0.717, 1.165) is 21.8 Å². The molecule has 0 amide bonds. The van der Waals surface area contributed by atoms with Crippen LogP contribution in [0, 0.1) is 0 Å². The van der Waals surface area contributed by atoms with Crippen LogP contribution in [0.1, 0.15) is 10.4 Å². The summed E-state index contributed by atoms with van der Waals surface area (Å²) in [5.41, 5.74) is 2.40. The van der Waals surface area contributed by atoms with Gasteiger partial charge in [0.15, 0.2) is 11.5 Å². The van der Waals surface area contributed by atoms with Gasteiger partial charge in [0.25, 0.3) is 10.5 Å². The molecule has 0 aliphatic rings. The van der Waals surface area contributed by atoms with Crippen LogP contribution in [0.2, 0.25) is 0 Å². The third-order valence-corrected chi connectivity index (χ3v) is 4.85. The molecule has 0 unspecified atom stereocenters. The molecule has 0 bridgehead atoms. The van der Waals surface area contributed by atoms with Crippen molar-refractivity contribution < 1.29 is 40.4 Å². The molecule has 1 heterocycles. The number of pyridine rings is 1. The van der Waals surface area contributed by atoms with Crippen LogP contribution in [0.4, 0.5) is 3.89 Å². The predicted octanol–water partition coefficient (Wildman–Crippen LogP) is 3.47. The lowest BCUT2D eigenvalue weighted by Gasteiger charge is -2.14. The Balaban J connectivity index is 0.000000555. The summed E-state index contributed by atoms with van der Waals surface area (Å²) in [5.74, 6) is 0.667. The fraction of sp³-hybridized carbons (Fsp3) is 0.130. The molecule has 4 rings (SSSR count). The first kappa shape index (κ1) is 23.9. The molecule has 8 nitrogen and oxygen atoms in total. The van der Waals surface area contributed by atoms with Crippen LogP contribution in [0.5, 0.6) is 17.2 Å². The van der Waals surface area contributed by atoms with E-state index in [-0.39, 0.29) is 5.75 Å². The number of fused-ring (bicyclic) bond motifs is 2. The van der Waals surface area contributed by atoms with E-state index in [9.17, 15) is 8.68 Å². The molecule has 0 atom stereocenters. The fourth-order valence-electron chi connectivity index (χ4n) is 3.51. The van der Waals surface area contributed by atoms with E-state index >= 15 is 0 Å². The number of esters is 1. The number of carbonyl (C=O) groups excluding carboxylic acids is 1. The van der Waals surface area contributed by atoms with Crippen molar-refractivity contribution in [2.75, 3.05) is 14.2 Å². The van der Waals surface area contributed by atoms with Gasteiger partial charge in [-0.25, -0.2) is 13.2 Å². The van der Waals surface area contributed by atoms with Crippen molar-refractivity contribution in [3.05, 3.63) is 72.3 Å². The Morgan fingerprint density at radius 2 is 1.27 bits per heavy atom. The summed E-state index contributed by atoms with van der Waals surface area (Å²) in [4.78, 5) is 13.3. The second-order valence-corrected chi connectivity index (χ2v) is 7.53. The zero-order valence-electron chi connectivity index (χ0n) is 17.9. The maximum Gasteiger partial charge on any atom is 0.345 e. The highest BCUT2D eigenvalue weighted by Gasteiger charge is 2.25. The molecule has 33 heavy (non-hydrogen) atoms. The number of halogens is 1. The molecule has 0 spiro atoms. The summed E-state index contributed by atoms with van der Waals surface area (Å²) in [6.45, 7) is 0. The van der Waals surface area contributed by atoms with E-state index in [1.54, 1.807) is 18.2 Å². The van der Waals surface area contributed by atoms with Gasteiger partial charge in [0.2, 0.25) is 16.8 Å². The Kier molecular flexibility index (Phi) is 7.10. The standard InChI is InChI=1S/C23H20NO4.FHO3S/c1-24-17-11-6-4-9-15(17)21(16-10-5-7-12-18(16)24)23(25)28-22-19(26-2)13-8-14-20(22)27-3;1-5(2,3)4/h4-14H,1-3H3;(H,2,3,4)/q+1;/p-1. The summed E-state index contributed by atoms with van der Waals surface area (Å²) >= 11 is 0. The highest BCUT2D eigenvalue weighted by molar-refractivity contribution is 7.80. The number of hydrogen-bond donors (Lipinski definition) is 0. The lowest BCUT2D eigenvalue weighted by Crippen LogP contribution is -2.31. The van der Waals surface area contributed by atoms with Crippen molar-refractivity contribution in [1.82, 2.24) is 0 Å². The first-order valence-electron chi connectivity index (χ1n) is 9.53. The molecular formula is C23H20FNO7S. The largest absolute Gasteiger partial charge is 0.722 e. The van der Waals surface area contributed by atoms with Crippen molar-refractivity contribution >= 4 is 38.3 Å². The number of rotatable bonds is 4. The normalized spacial score (nSPS) is 10.9. The minimum atomic E-state index is -5.42. The van der Waals surface area contributed by atoms with Crippen LogP contribution >= 0.6 is 0 Å². The second kappa shape index (κ2) is 9.80. The Labute approximate surface area is 189 Å². The number of methoxy groups -OCH3 is 2. The molecule has 4 aromatic rings. The van der Waals surface area contributed by atoms with E-state index in [0.29, 0.717) is 17.1 Å². The van der Waals surface area contributed by atoms with Crippen LogP contribution < -0.4 is 18.8 Å². The van der Waals surface area contributed by atoms with Gasteiger partial charge in [-0.05, 0) is 24.3 Å². The molecule has 0 N–H and O–H groups in total. The molecule has 0 saturated heterocycles. The number of aryl methyl sites for hydroxylation is 1. The van der Waals surface area contributed by atoms with Crippen LogP contribution in [0.3, 0.4) is 0 Å². The van der Waals surface area contributed by atoms with Crippen molar-refractivity contribution in [2.24, 2.45) is 7.05 Å². The van der Waals surface area contributed by atoms with E-state index in [1.807, 2.05) is 55.6 Å². The van der Waals surface area contributed by atoms with Gasteiger partial charge in [-0.3, -0.25) is 0 Å². The Bertz CT molecular complexity index is 1350. The zero-order valence-corrected chi connectivity index (χ0v) is 18.8. The molecule has 1 aromatic heterocycles. The number of para-hydroxylation sites is 3. The van der Waals surface area contributed by atoms with Gasteiger partial charge in [0.05, 0.1) is 30.6 Å². The Hall–Kier alpha value is -3.76. The number of ether oxygens (including phenoxy) is 3. The summed E-state index contributed by atoms with van der Waals surface area (Å²) in [7, 11) is -0.373. The minimum Gasteiger partial charge on any atom is -0.722 e. The highest BCUT2D eigenvalue weighted by atomic mass is 32.3.